The third-order valence-electron chi connectivity index (χ3n) is 4.10. The van der Waals surface area contributed by atoms with E-state index in [4.69, 9.17) is 4.99 Å². The van der Waals surface area contributed by atoms with Crippen LogP contribution < -0.4 is 5.32 Å². The van der Waals surface area contributed by atoms with Gasteiger partial charge in [-0.25, -0.2) is 4.98 Å². The average molecular weight is 309 g/mol. The lowest BCUT2D eigenvalue weighted by molar-refractivity contribution is 0.101. The maximum absolute atomic E-state index is 11.2. The van der Waals surface area contributed by atoms with Crippen LogP contribution in [0.3, 0.4) is 0 Å². The van der Waals surface area contributed by atoms with Crippen molar-refractivity contribution >= 4 is 39.2 Å². The fourth-order valence-electron chi connectivity index (χ4n) is 2.69. The maximum atomic E-state index is 11.2. The Balaban J connectivity index is 1.67. The van der Waals surface area contributed by atoms with E-state index >= 15 is 0 Å². The standard InChI is InChI=1S/C14H19N3OS2/c1-9-3-5-14(6-4-9)8-20-13(17-14)16-12-15-11(7-19-12)10(2)18/h7,9H,3-6,8H2,1-2H3,(H,15,16,17). The highest BCUT2D eigenvalue weighted by Gasteiger charge is 2.38. The van der Waals surface area contributed by atoms with Gasteiger partial charge in [-0.05, 0) is 31.6 Å². The van der Waals surface area contributed by atoms with E-state index in [1.165, 1.54) is 37.0 Å². The normalized spacial score (nSPS) is 29.5. The summed E-state index contributed by atoms with van der Waals surface area (Å²) >= 11 is 3.25. The highest BCUT2D eigenvalue weighted by atomic mass is 32.2. The number of anilines is 1. The van der Waals surface area contributed by atoms with Crippen LogP contribution in [0.4, 0.5) is 5.13 Å². The predicted molar refractivity (Wildman–Crippen MR) is 86.0 cm³/mol. The Kier molecular flexibility index (Phi) is 3.86. The Bertz CT molecular complexity index is 544. The van der Waals surface area contributed by atoms with Crippen LogP contribution in [0.15, 0.2) is 10.4 Å². The number of aromatic nitrogens is 1. The lowest BCUT2D eigenvalue weighted by Gasteiger charge is -2.32. The van der Waals surface area contributed by atoms with Crippen molar-refractivity contribution in [2.24, 2.45) is 10.9 Å². The lowest BCUT2D eigenvalue weighted by atomic mass is 9.79. The van der Waals surface area contributed by atoms with Crippen molar-refractivity contribution in [2.45, 2.75) is 45.1 Å². The quantitative estimate of drug-likeness (QED) is 0.844. The second kappa shape index (κ2) is 5.48. The minimum atomic E-state index is 0.00746. The van der Waals surface area contributed by atoms with Crippen LogP contribution in [-0.2, 0) is 0 Å². The van der Waals surface area contributed by atoms with Crippen molar-refractivity contribution in [1.29, 1.82) is 0 Å². The molecule has 0 radical (unpaired) electrons. The number of thioether (sulfide) groups is 1. The molecular weight excluding hydrogens is 290 g/mol. The molecule has 4 nitrogen and oxygen atoms in total. The first-order valence-electron chi connectivity index (χ1n) is 7.02. The van der Waals surface area contributed by atoms with Crippen molar-refractivity contribution in [3.8, 4) is 0 Å². The molecule has 1 fully saturated rings. The fourth-order valence-corrected chi connectivity index (χ4v) is 4.69. The number of carbonyl (C=O) groups is 1. The summed E-state index contributed by atoms with van der Waals surface area (Å²) in [4.78, 5) is 20.4. The first-order valence-corrected chi connectivity index (χ1v) is 8.89. The molecule has 1 N–H and O–H groups in total. The number of ketones is 1. The van der Waals surface area contributed by atoms with Gasteiger partial charge >= 0.3 is 0 Å². The molecule has 6 heteroatoms. The number of carbonyl (C=O) groups excluding carboxylic acids is 1. The smallest absolute Gasteiger partial charge is 0.189 e. The van der Waals surface area contributed by atoms with Gasteiger partial charge in [0.25, 0.3) is 0 Å². The van der Waals surface area contributed by atoms with Gasteiger partial charge in [-0.1, -0.05) is 18.7 Å². The predicted octanol–water partition coefficient (Wildman–Crippen LogP) is 3.81. The number of hydrogen-bond acceptors (Lipinski definition) is 6. The first-order chi connectivity index (χ1) is 9.56. The maximum Gasteiger partial charge on any atom is 0.189 e. The third kappa shape index (κ3) is 2.91. The zero-order valence-electron chi connectivity index (χ0n) is 11.8. The second-order valence-corrected chi connectivity index (χ2v) is 7.65. The van der Waals surface area contributed by atoms with E-state index in [0.717, 1.165) is 22.0 Å². The number of Topliss-reactive ketones (excluding diaryl/α,β-unsaturated/α-hetero) is 1. The summed E-state index contributed by atoms with van der Waals surface area (Å²) in [6.45, 7) is 3.87. The summed E-state index contributed by atoms with van der Waals surface area (Å²) in [5, 5.41) is 6.79. The Morgan fingerprint density at radius 1 is 1.45 bits per heavy atom. The molecular formula is C14H19N3OS2. The number of nitrogens with zero attached hydrogens (tertiary/aromatic N) is 2. The summed E-state index contributed by atoms with van der Waals surface area (Å²) in [6.07, 6.45) is 4.96. The molecule has 1 aliphatic carbocycles. The van der Waals surface area contributed by atoms with Crippen molar-refractivity contribution in [2.75, 3.05) is 11.1 Å². The largest absolute Gasteiger partial charge is 0.311 e. The Morgan fingerprint density at radius 3 is 2.85 bits per heavy atom. The van der Waals surface area contributed by atoms with Crippen LogP contribution in [0.5, 0.6) is 0 Å². The van der Waals surface area contributed by atoms with Crippen molar-refractivity contribution < 1.29 is 4.79 Å². The SMILES string of the molecule is CC(=O)c1csc(NC2=NC3(CCC(C)CC3)CS2)n1. The van der Waals surface area contributed by atoms with E-state index in [0.29, 0.717) is 5.69 Å². The molecule has 108 valence electrons. The molecule has 0 aromatic carbocycles. The molecule has 2 heterocycles. The van der Waals surface area contributed by atoms with Gasteiger partial charge in [0.1, 0.15) is 5.69 Å². The number of aliphatic imine (C=N–C) groups is 1. The van der Waals surface area contributed by atoms with Gasteiger partial charge in [0.2, 0.25) is 0 Å². The van der Waals surface area contributed by atoms with Crippen LogP contribution in [-0.4, -0.2) is 27.2 Å². The highest BCUT2D eigenvalue weighted by molar-refractivity contribution is 8.14. The number of rotatable bonds is 2. The zero-order valence-corrected chi connectivity index (χ0v) is 13.4. The topological polar surface area (TPSA) is 54.4 Å². The minimum Gasteiger partial charge on any atom is -0.311 e. The zero-order chi connectivity index (χ0) is 14.2. The first kappa shape index (κ1) is 14.1. The molecule has 20 heavy (non-hydrogen) atoms. The van der Waals surface area contributed by atoms with Gasteiger partial charge in [0.15, 0.2) is 16.1 Å². The monoisotopic (exact) mass is 309 g/mol. The number of thiazole rings is 1. The Hall–Kier alpha value is -0.880. The molecule has 1 saturated carbocycles. The van der Waals surface area contributed by atoms with Crippen LogP contribution in [0.1, 0.15) is 50.0 Å². The van der Waals surface area contributed by atoms with Crippen LogP contribution in [0, 0.1) is 5.92 Å². The Morgan fingerprint density at radius 2 is 2.20 bits per heavy atom. The van der Waals surface area contributed by atoms with E-state index in [1.54, 1.807) is 24.1 Å². The van der Waals surface area contributed by atoms with Crippen molar-refractivity contribution in [3.05, 3.63) is 11.1 Å². The average Bonchev–Trinajstić information content (AvgIpc) is 3.02. The number of hydrogen-bond donors (Lipinski definition) is 1. The molecule has 1 aromatic heterocycles. The van der Waals surface area contributed by atoms with Crippen molar-refractivity contribution in [3.63, 3.8) is 0 Å². The second-order valence-electron chi connectivity index (χ2n) is 5.83. The molecule has 0 saturated heterocycles. The minimum absolute atomic E-state index is 0.00746. The van der Waals surface area contributed by atoms with Crippen LogP contribution in [0.25, 0.3) is 0 Å². The molecule has 0 atom stereocenters. The van der Waals surface area contributed by atoms with Crippen LogP contribution in [0.2, 0.25) is 0 Å². The third-order valence-corrected chi connectivity index (χ3v) is 6.01. The van der Waals surface area contributed by atoms with E-state index < -0.39 is 0 Å². The van der Waals surface area contributed by atoms with Crippen molar-refractivity contribution in [1.82, 2.24) is 4.98 Å². The highest BCUT2D eigenvalue weighted by Crippen LogP contribution is 2.41. The van der Waals surface area contributed by atoms with Gasteiger partial charge in [-0.2, -0.15) is 0 Å². The molecule has 0 amide bonds. The summed E-state index contributed by atoms with van der Waals surface area (Å²) in [5.74, 6) is 1.93. The summed E-state index contributed by atoms with van der Waals surface area (Å²) in [6, 6.07) is 0. The van der Waals surface area contributed by atoms with Gasteiger partial charge in [0, 0.05) is 18.1 Å². The van der Waals surface area contributed by atoms with Crippen LogP contribution >= 0.6 is 23.1 Å². The number of amidine groups is 1. The summed E-state index contributed by atoms with van der Waals surface area (Å²) in [7, 11) is 0. The van der Waals surface area contributed by atoms with E-state index in [-0.39, 0.29) is 11.3 Å². The number of nitrogens with one attached hydrogen (secondary N) is 1. The molecule has 0 unspecified atom stereocenters. The Labute approximate surface area is 127 Å². The van der Waals surface area contributed by atoms with Gasteiger partial charge in [-0.15, -0.1) is 11.3 Å². The molecule has 0 bridgehead atoms. The molecule has 1 aromatic rings. The molecule has 1 spiro atoms. The van der Waals surface area contributed by atoms with E-state index in [2.05, 4.69) is 17.2 Å². The summed E-state index contributed by atoms with van der Waals surface area (Å²) < 4.78 is 0. The summed E-state index contributed by atoms with van der Waals surface area (Å²) in [5.41, 5.74) is 0.683. The van der Waals surface area contributed by atoms with E-state index in [9.17, 15) is 4.79 Å². The van der Waals surface area contributed by atoms with Gasteiger partial charge in [-0.3, -0.25) is 9.79 Å². The van der Waals surface area contributed by atoms with E-state index in [1.807, 2.05) is 0 Å². The molecule has 3 rings (SSSR count). The molecule has 2 aliphatic rings. The lowest BCUT2D eigenvalue weighted by Crippen LogP contribution is -2.32. The fraction of sp³-hybridized carbons (Fsp3) is 0.643. The van der Waals surface area contributed by atoms with Gasteiger partial charge < -0.3 is 5.32 Å². The molecule has 1 aliphatic heterocycles. The van der Waals surface area contributed by atoms with Gasteiger partial charge in [0.05, 0.1) is 5.54 Å².